The van der Waals surface area contributed by atoms with Gasteiger partial charge in [0, 0.05) is 11.5 Å². The molecule has 3 rings (SSSR count). The van der Waals surface area contributed by atoms with Crippen molar-refractivity contribution in [3.63, 3.8) is 0 Å². The first-order valence-electron chi connectivity index (χ1n) is 9.60. The van der Waals surface area contributed by atoms with Gasteiger partial charge >= 0.3 is 6.18 Å². The second-order valence-corrected chi connectivity index (χ2v) is 7.58. The summed E-state index contributed by atoms with van der Waals surface area (Å²) < 4.78 is 79.0. The molecule has 1 amide bonds. The molecule has 0 unspecified atom stereocenters. The van der Waals surface area contributed by atoms with Crippen molar-refractivity contribution in [3.05, 3.63) is 47.5 Å². The summed E-state index contributed by atoms with van der Waals surface area (Å²) in [6, 6.07) is 1.77. The normalized spacial score (nSPS) is 23.9. The van der Waals surface area contributed by atoms with E-state index in [1.54, 1.807) is 0 Å². The minimum Gasteiger partial charge on any atom is -0.493 e. The summed E-state index contributed by atoms with van der Waals surface area (Å²) >= 11 is 0. The Morgan fingerprint density at radius 1 is 1.33 bits per heavy atom. The number of alkyl halides is 3. The maximum atomic E-state index is 14.2. The van der Waals surface area contributed by atoms with E-state index in [1.165, 1.54) is 0 Å². The van der Waals surface area contributed by atoms with E-state index in [4.69, 9.17) is 14.6 Å². The first-order valence-corrected chi connectivity index (χ1v) is 9.60. The van der Waals surface area contributed by atoms with Gasteiger partial charge in [-0.15, -0.1) is 0 Å². The Balaban J connectivity index is 1.95. The van der Waals surface area contributed by atoms with Crippen LogP contribution in [0.1, 0.15) is 36.8 Å². The number of aromatic nitrogens is 2. The number of hydrogen-bond acceptors (Lipinski definition) is 7. The lowest BCUT2D eigenvalue weighted by Crippen LogP contribution is -2.43. The SMILES string of the molecule is COc1c([C@H]2C[C@@](C)(C(F)(F)F)O[C@@H]2C(=O)Nc2cnc([C@H](O)CO)nc2)ccc(F)c1F. The van der Waals surface area contributed by atoms with E-state index in [9.17, 15) is 31.9 Å². The second kappa shape index (κ2) is 9.15. The quantitative estimate of drug-likeness (QED) is 0.548. The summed E-state index contributed by atoms with van der Waals surface area (Å²) in [6.07, 6.45) is -6.58. The molecule has 1 aromatic heterocycles. The molecule has 8 nitrogen and oxygen atoms in total. The van der Waals surface area contributed by atoms with Gasteiger partial charge in [0.25, 0.3) is 5.91 Å². The fourth-order valence-corrected chi connectivity index (χ4v) is 3.55. The third-order valence-corrected chi connectivity index (χ3v) is 5.31. The van der Waals surface area contributed by atoms with Crippen molar-refractivity contribution in [2.45, 2.75) is 43.2 Å². The third kappa shape index (κ3) is 4.75. The predicted octanol–water partition coefficient (Wildman–Crippen LogP) is 2.62. The largest absolute Gasteiger partial charge is 0.493 e. The van der Waals surface area contributed by atoms with Crippen molar-refractivity contribution in [2.24, 2.45) is 0 Å². The number of benzene rings is 1. The van der Waals surface area contributed by atoms with Gasteiger partial charge in [-0.1, -0.05) is 6.07 Å². The molecular formula is C20H20F5N3O5. The molecule has 0 bridgehead atoms. The van der Waals surface area contributed by atoms with Gasteiger partial charge in [0.1, 0.15) is 12.2 Å². The molecule has 3 N–H and O–H groups in total. The summed E-state index contributed by atoms with van der Waals surface area (Å²) in [5.41, 5.74) is -2.95. The molecule has 180 valence electrons. The summed E-state index contributed by atoms with van der Waals surface area (Å²) in [5.74, 6) is -5.78. The van der Waals surface area contributed by atoms with Crippen LogP contribution in [0.3, 0.4) is 0 Å². The number of carbonyl (C=O) groups excluding carboxylic acids is 1. The van der Waals surface area contributed by atoms with Crippen LogP contribution in [0.15, 0.2) is 24.5 Å². The zero-order chi connectivity index (χ0) is 24.6. The zero-order valence-corrected chi connectivity index (χ0v) is 17.4. The Kier molecular flexibility index (Phi) is 6.86. The molecule has 33 heavy (non-hydrogen) atoms. The standard InChI is InChI=1S/C20H20F5N3O5/c1-19(20(23,24)25)5-11(10-3-4-12(21)14(22)15(10)32-2)16(33-19)18(31)28-9-6-26-17(27-7-9)13(30)8-29/h3-4,6-7,11,13,16,29-30H,5,8H2,1-2H3,(H,28,31)/t11-,13-,16+,19+/m1/s1. The van der Waals surface area contributed by atoms with E-state index < -0.39 is 66.2 Å². The van der Waals surface area contributed by atoms with E-state index >= 15 is 0 Å². The van der Waals surface area contributed by atoms with Crippen molar-refractivity contribution in [1.29, 1.82) is 0 Å². The molecule has 0 aliphatic carbocycles. The molecule has 1 saturated heterocycles. The third-order valence-electron chi connectivity index (χ3n) is 5.31. The van der Waals surface area contributed by atoms with Crippen LogP contribution in [0.4, 0.5) is 27.6 Å². The van der Waals surface area contributed by atoms with Gasteiger partial charge in [0.05, 0.1) is 31.8 Å². The Labute approximate surface area is 184 Å². The summed E-state index contributed by atoms with van der Waals surface area (Å²) in [7, 11) is 1.02. The molecule has 1 aliphatic heterocycles. The molecule has 1 aromatic carbocycles. The van der Waals surface area contributed by atoms with E-state index in [-0.39, 0.29) is 17.1 Å². The maximum absolute atomic E-state index is 14.2. The van der Waals surface area contributed by atoms with Crippen molar-refractivity contribution in [1.82, 2.24) is 9.97 Å². The Hall–Kier alpha value is -2.90. The Bertz CT molecular complexity index is 1020. The number of methoxy groups -OCH3 is 1. The molecule has 13 heteroatoms. The van der Waals surface area contributed by atoms with Crippen molar-refractivity contribution >= 4 is 11.6 Å². The molecule has 0 spiro atoms. The summed E-state index contributed by atoms with van der Waals surface area (Å²) in [6.45, 7) is 0.114. The van der Waals surface area contributed by atoms with Crippen LogP contribution >= 0.6 is 0 Å². The zero-order valence-electron chi connectivity index (χ0n) is 17.4. The van der Waals surface area contributed by atoms with Crippen LogP contribution in [0, 0.1) is 11.6 Å². The number of nitrogens with one attached hydrogen (secondary N) is 1. The number of halogens is 5. The minimum atomic E-state index is -4.86. The number of anilines is 1. The van der Waals surface area contributed by atoms with Crippen LogP contribution in [0.25, 0.3) is 0 Å². The van der Waals surface area contributed by atoms with Gasteiger partial charge in [-0.3, -0.25) is 4.79 Å². The topological polar surface area (TPSA) is 114 Å². The van der Waals surface area contributed by atoms with Gasteiger partial charge in [0.2, 0.25) is 5.82 Å². The average molecular weight is 477 g/mol. The van der Waals surface area contributed by atoms with Gasteiger partial charge in [-0.05, 0) is 19.4 Å². The van der Waals surface area contributed by atoms with Gasteiger partial charge < -0.3 is 25.0 Å². The van der Waals surface area contributed by atoms with Crippen LogP contribution < -0.4 is 10.1 Å². The summed E-state index contributed by atoms with van der Waals surface area (Å²) in [5, 5.41) is 20.7. The highest BCUT2D eigenvalue weighted by atomic mass is 19.4. The first-order chi connectivity index (χ1) is 15.4. The van der Waals surface area contributed by atoms with Gasteiger partial charge in [-0.2, -0.15) is 17.6 Å². The molecular weight excluding hydrogens is 457 g/mol. The van der Waals surface area contributed by atoms with Crippen LogP contribution in [0.5, 0.6) is 5.75 Å². The van der Waals surface area contributed by atoms with Crippen molar-refractivity contribution in [2.75, 3.05) is 19.0 Å². The number of ether oxygens (including phenoxy) is 2. The Morgan fingerprint density at radius 3 is 2.52 bits per heavy atom. The van der Waals surface area contributed by atoms with Crippen LogP contribution in [-0.2, 0) is 9.53 Å². The highest BCUT2D eigenvalue weighted by molar-refractivity contribution is 5.95. The average Bonchev–Trinajstić information content (AvgIpc) is 3.14. The van der Waals surface area contributed by atoms with Crippen molar-refractivity contribution in [3.8, 4) is 5.75 Å². The number of nitrogens with zero attached hydrogens (tertiary/aromatic N) is 2. The lowest BCUT2D eigenvalue weighted by atomic mass is 9.85. The molecule has 0 radical (unpaired) electrons. The monoisotopic (exact) mass is 477 g/mol. The number of amides is 1. The Morgan fingerprint density at radius 2 is 1.97 bits per heavy atom. The van der Waals surface area contributed by atoms with Gasteiger partial charge in [-0.25, -0.2) is 14.4 Å². The smallest absolute Gasteiger partial charge is 0.417 e. The molecule has 0 saturated carbocycles. The van der Waals surface area contributed by atoms with Crippen LogP contribution in [-0.4, -0.2) is 57.7 Å². The molecule has 1 aliphatic rings. The first kappa shape index (κ1) is 24.7. The number of aliphatic hydroxyl groups is 2. The predicted molar refractivity (Wildman–Crippen MR) is 102 cm³/mol. The highest BCUT2D eigenvalue weighted by Crippen LogP contribution is 2.51. The van der Waals surface area contributed by atoms with E-state index in [1.807, 2.05) is 0 Å². The lowest BCUT2D eigenvalue weighted by molar-refractivity contribution is -0.261. The molecule has 4 atom stereocenters. The fourth-order valence-electron chi connectivity index (χ4n) is 3.55. The molecule has 1 fully saturated rings. The highest BCUT2D eigenvalue weighted by Gasteiger charge is 2.61. The minimum absolute atomic E-state index is 0.0332. The van der Waals surface area contributed by atoms with Crippen molar-refractivity contribution < 1.29 is 46.4 Å². The fraction of sp³-hybridized carbons (Fsp3) is 0.450. The number of aliphatic hydroxyl groups excluding tert-OH is 2. The van der Waals surface area contributed by atoms with Gasteiger partial charge in [0.15, 0.2) is 23.0 Å². The second-order valence-electron chi connectivity index (χ2n) is 7.58. The van der Waals surface area contributed by atoms with E-state index in [0.29, 0.717) is 0 Å². The summed E-state index contributed by atoms with van der Waals surface area (Å²) in [4.78, 5) is 20.4. The number of hydrogen-bond donors (Lipinski definition) is 3. The molecule has 2 heterocycles. The van der Waals surface area contributed by atoms with E-state index in [2.05, 4.69) is 15.3 Å². The molecule has 2 aromatic rings. The number of rotatable bonds is 6. The maximum Gasteiger partial charge on any atom is 0.417 e. The van der Waals surface area contributed by atoms with E-state index in [0.717, 1.165) is 38.6 Å². The van der Waals surface area contributed by atoms with Crippen LogP contribution in [0.2, 0.25) is 0 Å². The lowest BCUT2D eigenvalue weighted by Gasteiger charge is -2.27. The number of carbonyl (C=O) groups is 1.